The topological polar surface area (TPSA) is 69.0 Å². The number of anilines is 1. The summed E-state index contributed by atoms with van der Waals surface area (Å²) >= 11 is 0. The Labute approximate surface area is 162 Å². The average Bonchev–Trinajstić information content (AvgIpc) is 3.12. The molecule has 4 aromatic rings. The molecule has 28 heavy (non-hydrogen) atoms. The molecule has 0 saturated heterocycles. The molecule has 1 heterocycles. The normalized spacial score (nSPS) is 10.8. The largest absolute Gasteiger partial charge is 0.494 e. The standard InChI is InChI=1S/C22H20N4O2/c1-3-28-18-11-9-17(10-12-18)26-24-20-13-15(2)19(14-21(20)25-26)23-22(27)16-7-5-4-6-8-16/h4-14H,3H2,1-2H3,(H,23,27). The second kappa shape index (κ2) is 7.52. The molecule has 1 amide bonds. The lowest BCUT2D eigenvalue weighted by Crippen LogP contribution is -2.12. The number of nitrogens with zero attached hydrogens (tertiary/aromatic N) is 3. The molecule has 0 fully saturated rings. The summed E-state index contributed by atoms with van der Waals surface area (Å²) in [5.74, 6) is 0.659. The highest BCUT2D eigenvalue weighted by molar-refractivity contribution is 6.05. The summed E-state index contributed by atoms with van der Waals surface area (Å²) in [4.78, 5) is 14.0. The van der Waals surface area contributed by atoms with E-state index in [1.54, 1.807) is 16.9 Å². The summed E-state index contributed by atoms with van der Waals surface area (Å²) < 4.78 is 5.47. The highest BCUT2D eigenvalue weighted by Gasteiger charge is 2.12. The molecule has 6 nitrogen and oxygen atoms in total. The molecule has 0 atom stereocenters. The van der Waals surface area contributed by atoms with Crippen LogP contribution < -0.4 is 10.1 Å². The fraction of sp³-hybridized carbons (Fsp3) is 0.136. The van der Waals surface area contributed by atoms with Crippen molar-refractivity contribution < 1.29 is 9.53 Å². The van der Waals surface area contributed by atoms with E-state index in [2.05, 4.69) is 15.5 Å². The molecule has 0 aliphatic rings. The predicted octanol–water partition coefficient (Wildman–Crippen LogP) is 4.38. The van der Waals surface area contributed by atoms with Crippen LogP contribution in [0.1, 0.15) is 22.8 Å². The van der Waals surface area contributed by atoms with Gasteiger partial charge >= 0.3 is 0 Å². The number of aryl methyl sites for hydroxylation is 1. The molecule has 0 radical (unpaired) electrons. The van der Waals surface area contributed by atoms with Gasteiger partial charge in [0.1, 0.15) is 16.8 Å². The van der Waals surface area contributed by atoms with Crippen molar-refractivity contribution in [2.75, 3.05) is 11.9 Å². The zero-order valence-corrected chi connectivity index (χ0v) is 15.7. The van der Waals surface area contributed by atoms with E-state index in [0.717, 1.165) is 28.2 Å². The summed E-state index contributed by atoms with van der Waals surface area (Å²) in [5, 5.41) is 12.1. The maximum absolute atomic E-state index is 12.5. The Kier molecular flexibility index (Phi) is 4.76. The van der Waals surface area contributed by atoms with E-state index in [4.69, 9.17) is 4.74 Å². The fourth-order valence-electron chi connectivity index (χ4n) is 2.94. The molecule has 0 aliphatic carbocycles. The quantitative estimate of drug-likeness (QED) is 0.564. The maximum atomic E-state index is 12.5. The van der Waals surface area contributed by atoms with Crippen LogP contribution in [0.4, 0.5) is 5.69 Å². The van der Waals surface area contributed by atoms with Gasteiger partial charge in [-0.15, -0.1) is 10.2 Å². The number of amides is 1. The summed E-state index contributed by atoms with van der Waals surface area (Å²) in [7, 11) is 0. The molecule has 140 valence electrons. The Balaban J connectivity index is 1.62. The molecule has 0 saturated carbocycles. The second-order valence-corrected chi connectivity index (χ2v) is 6.39. The van der Waals surface area contributed by atoms with Crippen molar-refractivity contribution >= 4 is 22.6 Å². The Bertz CT molecular complexity index is 1120. The molecular formula is C22H20N4O2. The van der Waals surface area contributed by atoms with E-state index in [1.807, 2.05) is 68.4 Å². The van der Waals surface area contributed by atoms with Gasteiger partial charge in [0.25, 0.3) is 5.91 Å². The predicted molar refractivity (Wildman–Crippen MR) is 109 cm³/mol. The van der Waals surface area contributed by atoms with Crippen molar-refractivity contribution in [2.45, 2.75) is 13.8 Å². The highest BCUT2D eigenvalue weighted by atomic mass is 16.5. The van der Waals surface area contributed by atoms with E-state index in [1.165, 1.54) is 0 Å². The average molecular weight is 372 g/mol. The molecule has 0 bridgehead atoms. The Morgan fingerprint density at radius 1 is 1.00 bits per heavy atom. The molecule has 3 aromatic carbocycles. The van der Waals surface area contributed by atoms with Crippen LogP contribution in [0, 0.1) is 6.92 Å². The molecule has 0 unspecified atom stereocenters. The lowest BCUT2D eigenvalue weighted by molar-refractivity contribution is 0.102. The van der Waals surface area contributed by atoms with Gasteiger partial charge in [0.2, 0.25) is 0 Å². The van der Waals surface area contributed by atoms with Gasteiger partial charge in [-0.25, -0.2) is 0 Å². The minimum atomic E-state index is -0.151. The number of benzene rings is 3. The summed E-state index contributed by atoms with van der Waals surface area (Å²) in [6, 6.07) is 20.5. The third-order valence-corrected chi connectivity index (χ3v) is 4.39. The van der Waals surface area contributed by atoms with Gasteiger partial charge in [-0.3, -0.25) is 4.79 Å². The number of hydrogen-bond donors (Lipinski definition) is 1. The van der Waals surface area contributed by atoms with Crippen LogP contribution in [-0.2, 0) is 0 Å². The van der Waals surface area contributed by atoms with Gasteiger partial charge in [0, 0.05) is 11.3 Å². The third-order valence-electron chi connectivity index (χ3n) is 4.39. The molecule has 1 N–H and O–H groups in total. The van der Waals surface area contributed by atoms with Crippen molar-refractivity contribution in [2.24, 2.45) is 0 Å². The number of hydrogen-bond acceptors (Lipinski definition) is 4. The first-order chi connectivity index (χ1) is 13.6. The van der Waals surface area contributed by atoms with Crippen molar-refractivity contribution in [1.29, 1.82) is 0 Å². The zero-order chi connectivity index (χ0) is 19.5. The molecule has 0 spiro atoms. The Morgan fingerprint density at radius 2 is 1.68 bits per heavy atom. The van der Waals surface area contributed by atoms with Crippen molar-refractivity contribution in [3.63, 3.8) is 0 Å². The number of carbonyl (C=O) groups excluding carboxylic acids is 1. The van der Waals surface area contributed by atoms with Crippen LogP contribution in [0.5, 0.6) is 5.75 Å². The number of rotatable bonds is 5. The van der Waals surface area contributed by atoms with Gasteiger partial charge in [-0.1, -0.05) is 18.2 Å². The molecule has 0 aliphatic heterocycles. The van der Waals surface area contributed by atoms with E-state index in [0.29, 0.717) is 17.7 Å². The minimum Gasteiger partial charge on any atom is -0.494 e. The molecule has 4 rings (SSSR count). The van der Waals surface area contributed by atoms with Gasteiger partial charge in [0.05, 0.1) is 12.3 Å². The van der Waals surface area contributed by atoms with Crippen LogP contribution in [0.25, 0.3) is 16.7 Å². The molecule has 6 heteroatoms. The summed E-state index contributed by atoms with van der Waals surface area (Å²) in [6.45, 7) is 4.52. The van der Waals surface area contributed by atoms with Crippen LogP contribution in [-0.4, -0.2) is 27.5 Å². The minimum absolute atomic E-state index is 0.151. The second-order valence-electron chi connectivity index (χ2n) is 6.39. The molecular weight excluding hydrogens is 352 g/mol. The number of nitrogens with one attached hydrogen (secondary N) is 1. The van der Waals surface area contributed by atoms with E-state index in [-0.39, 0.29) is 5.91 Å². The van der Waals surface area contributed by atoms with Gasteiger partial charge in [-0.05, 0) is 67.9 Å². The fourth-order valence-corrected chi connectivity index (χ4v) is 2.94. The van der Waals surface area contributed by atoms with E-state index >= 15 is 0 Å². The van der Waals surface area contributed by atoms with Crippen LogP contribution in [0.15, 0.2) is 66.7 Å². The third kappa shape index (κ3) is 3.57. The summed E-state index contributed by atoms with van der Waals surface area (Å²) in [5.41, 5.74) is 4.58. The maximum Gasteiger partial charge on any atom is 0.255 e. The van der Waals surface area contributed by atoms with Gasteiger partial charge in [-0.2, -0.15) is 4.80 Å². The van der Waals surface area contributed by atoms with Crippen molar-refractivity contribution in [3.8, 4) is 11.4 Å². The van der Waals surface area contributed by atoms with Gasteiger partial charge in [0.15, 0.2) is 0 Å². The summed E-state index contributed by atoms with van der Waals surface area (Å²) in [6.07, 6.45) is 0. The number of fused-ring (bicyclic) bond motifs is 1. The lowest BCUT2D eigenvalue weighted by atomic mass is 10.1. The highest BCUT2D eigenvalue weighted by Crippen LogP contribution is 2.23. The van der Waals surface area contributed by atoms with Crippen LogP contribution >= 0.6 is 0 Å². The monoisotopic (exact) mass is 372 g/mol. The lowest BCUT2D eigenvalue weighted by Gasteiger charge is -2.08. The Morgan fingerprint density at radius 3 is 2.36 bits per heavy atom. The molecule has 1 aromatic heterocycles. The number of carbonyl (C=O) groups is 1. The first-order valence-corrected chi connectivity index (χ1v) is 9.11. The van der Waals surface area contributed by atoms with Crippen LogP contribution in [0.3, 0.4) is 0 Å². The van der Waals surface area contributed by atoms with Gasteiger partial charge < -0.3 is 10.1 Å². The zero-order valence-electron chi connectivity index (χ0n) is 15.7. The van der Waals surface area contributed by atoms with Crippen LogP contribution in [0.2, 0.25) is 0 Å². The SMILES string of the molecule is CCOc1ccc(-n2nc3cc(C)c(NC(=O)c4ccccc4)cc3n2)cc1. The number of ether oxygens (including phenoxy) is 1. The Hall–Kier alpha value is -3.67. The van der Waals surface area contributed by atoms with Crippen molar-refractivity contribution in [1.82, 2.24) is 15.0 Å². The first kappa shape index (κ1) is 17.7. The number of aromatic nitrogens is 3. The van der Waals surface area contributed by atoms with E-state index < -0.39 is 0 Å². The van der Waals surface area contributed by atoms with E-state index in [9.17, 15) is 4.79 Å². The smallest absolute Gasteiger partial charge is 0.255 e. The van der Waals surface area contributed by atoms with Crippen molar-refractivity contribution in [3.05, 3.63) is 77.9 Å². The first-order valence-electron chi connectivity index (χ1n) is 9.11.